The van der Waals surface area contributed by atoms with Crippen LogP contribution >= 0.6 is 0 Å². The van der Waals surface area contributed by atoms with E-state index in [-0.39, 0.29) is 0 Å². The first-order valence-electron chi connectivity index (χ1n) is 5.82. The van der Waals surface area contributed by atoms with E-state index >= 15 is 0 Å². The maximum absolute atomic E-state index is 3.51. The first-order chi connectivity index (χ1) is 7.45. The molecule has 0 saturated carbocycles. The van der Waals surface area contributed by atoms with Gasteiger partial charge in [-0.3, -0.25) is 0 Å². The van der Waals surface area contributed by atoms with Gasteiger partial charge in [-0.25, -0.2) is 4.99 Å². The average molecular weight is 203 g/mol. The number of hydrogen-bond acceptors (Lipinski definition) is 1. The second kappa shape index (κ2) is 5.54. The van der Waals surface area contributed by atoms with Gasteiger partial charge in [0.1, 0.15) is 6.54 Å². The topological polar surface area (TPSA) is 26.0 Å². The van der Waals surface area contributed by atoms with Crippen molar-refractivity contribution in [3.63, 3.8) is 0 Å². The highest BCUT2D eigenvalue weighted by Gasteiger charge is 2.09. The van der Waals surface area contributed by atoms with Gasteiger partial charge >= 0.3 is 0 Å². The molecule has 0 aromatic heterocycles. The van der Waals surface area contributed by atoms with Crippen LogP contribution in [0, 0.1) is 0 Å². The van der Waals surface area contributed by atoms with Crippen molar-refractivity contribution in [1.29, 1.82) is 0 Å². The molecule has 0 spiro atoms. The molecule has 0 bridgehead atoms. The van der Waals surface area contributed by atoms with Gasteiger partial charge in [0.25, 0.3) is 0 Å². The molecule has 2 N–H and O–H groups in total. The minimum absolute atomic E-state index is 0.962. The van der Waals surface area contributed by atoms with Gasteiger partial charge in [0.2, 0.25) is 0 Å². The Morgan fingerprint density at radius 2 is 1.93 bits per heavy atom. The Kier molecular flexibility index (Phi) is 3.77. The minimum Gasteiger partial charge on any atom is -0.376 e. The maximum atomic E-state index is 3.51. The Morgan fingerprint density at radius 1 is 1.07 bits per heavy atom. The third-order valence-corrected chi connectivity index (χ3v) is 2.81. The van der Waals surface area contributed by atoms with Gasteiger partial charge in [-0.15, -0.1) is 0 Å². The number of para-hydroxylation sites is 1. The molecular weight excluding hydrogens is 184 g/mol. The monoisotopic (exact) mass is 203 g/mol. The third kappa shape index (κ3) is 3.39. The predicted octanol–water partition coefficient (Wildman–Crippen LogP) is 1.19. The Hall–Kier alpha value is -1.31. The molecule has 2 nitrogen and oxygen atoms in total. The molecule has 0 aliphatic carbocycles. The summed E-state index contributed by atoms with van der Waals surface area (Å²) >= 11 is 0. The van der Waals surface area contributed by atoms with Gasteiger partial charge in [-0.05, 0) is 25.0 Å². The summed E-state index contributed by atoms with van der Waals surface area (Å²) in [6.07, 6.45) is 5.23. The molecule has 0 radical (unpaired) electrons. The first-order valence-corrected chi connectivity index (χ1v) is 5.82. The first kappa shape index (κ1) is 10.2. The highest BCUT2D eigenvalue weighted by molar-refractivity contribution is 5.83. The molecule has 1 heterocycles. The molecule has 80 valence electrons. The number of hydrogen-bond donors (Lipinski definition) is 2. The van der Waals surface area contributed by atoms with E-state index in [0.717, 1.165) is 13.1 Å². The average Bonchev–Trinajstić information content (AvgIpc) is 2.56. The van der Waals surface area contributed by atoms with Gasteiger partial charge < -0.3 is 5.32 Å². The number of benzene rings is 1. The molecule has 1 aliphatic rings. The number of nitrogens with one attached hydrogen (secondary N) is 2. The van der Waals surface area contributed by atoms with Crippen LogP contribution in [0.2, 0.25) is 0 Å². The van der Waals surface area contributed by atoms with Gasteiger partial charge in [-0.2, -0.15) is 0 Å². The van der Waals surface area contributed by atoms with E-state index in [1.54, 1.807) is 0 Å². The van der Waals surface area contributed by atoms with E-state index in [2.05, 4.69) is 34.6 Å². The lowest BCUT2D eigenvalue weighted by Gasteiger charge is -2.04. The SMILES string of the molecule is c1ccc(NCC2=[NH+]CCCCC2)cc1. The summed E-state index contributed by atoms with van der Waals surface area (Å²) in [5.74, 6) is 0. The summed E-state index contributed by atoms with van der Waals surface area (Å²) in [6.45, 7) is 2.11. The van der Waals surface area contributed by atoms with E-state index in [9.17, 15) is 0 Å². The summed E-state index contributed by atoms with van der Waals surface area (Å²) in [6, 6.07) is 10.4. The molecule has 0 saturated heterocycles. The van der Waals surface area contributed by atoms with Crippen LogP contribution in [0.4, 0.5) is 5.69 Å². The van der Waals surface area contributed by atoms with Gasteiger partial charge in [0.05, 0.1) is 6.54 Å². The zero-order valence-corrected chi connectivity index (χ0v) is 9.13. The molecule has 1 aromatic carbocycles. The lowest BCUT2D eigenvalue weighted by Crippen LogP contribution is -2.73. The quantitative estimate of drug-likeness (QED) is 0.758. The van der Waals surface area contributed by atoms with E-state index in [4.69, 9.17) is 0 Å². The van der Waals surface area contributed by atoms with Crippen molar-refractivity contribution in [1.82, 2.24) is 0 Å². The standard InChI is InChI=1S/C13H18N2/c1-3-7-12(8-4-1)15-11-13-9-5-2-6-10-14-13/h1,3-4,7-8,15H,2,5-6,9-11H2/p+1. The fourth-order valence-corrected chi connectivity index (χ4v) is 1.91. The summed E-state index contributed by atoms with van der Waals surface area (Å²) < 4.78 is 0. The van der Waals surface area contributed by atoms with Crippen molar-refractivity contribution in [2.45, 2.75) is 25.7 Å². The Morgan fingerprint density at radius 3 is 2.80 bits per heavy atom. The van der Waals surface area contributed by atoms with E-state index < -0.39 is 0 Å². The summed E-state index contributed by atoms with van der Waals surface area (Å²) in [5, 5.41) is 3.44. The smallest absolute Gasteiger partial charge is 0.169 e. The van der Waals surface area contributed by atoms with Gasteiger partial charge in [0.15, 0.2) is 5.71 Å². The van der Waals surface area contributed by atoms with E-state index in [1.165, 1.54) is 37.1 Å². The molecular formula is C13H19N2+. The normalized spacial score (nSPS) is 16.7. The van der Waals surface area contributed by atoms with Crippen molar-refractivity contribution in [3.05, 3.63) is 30.3 Å². The fraction of sp³-hybridized carbons (Fsp3) is 0.462. The van der Waals surface area contributed by atoms with E-state index in [1.807, 2.05) is 6.07 Å². The Bertz CT molecular complexity index is 317. The maximum Gasteiger partial charge on any atom is 0.169 e. The zero-order valence-electron chi connectivity index (χ0n) is 9.13. The third-order valence-electron chi connectivity index (χ3n) is 2.81. The van der Waals surface area contributed by atoms with Crippen LogP contribution in [0.1, 0.15) is 25.7 Å². The van der Waals surface area contributed by atoms with E-state index in [0.29, 0.717) is 0 Å². The molecule has 1 aliphatic heterocycles. The fourth-order valence-electron chi connectivity index (χ4n) is 1.91. The highest BCUT2D eigenvalue weighted by Crippen LogP contribution is 2.05. The van der Waals surface area contributed by atoms with Crippen molar-refractivity contribution in [2.75, 3.05) is 18.4 Å². The number of rotatable bonds is 3. The summed E-state index contributed by atoms with van der Waals surface area (Å²) in [7, 11) is 0. The Balaban J connectivity index is 1.84. The van der Waals surface area contributed by atoms with Crippen LogP contribution in [-0.4, -0.2) is 18.8 Å². The van der Waals surface area contributed by atoms with Crippen molar-refractivity contribution in [2.24, 2.45) is 0 Å². The van der Waals surface area contributed by atoms with Gasteiger partial charge in [-0.1, -0.05) is 18.2 Å². The predicted molar refractivity (Wildman–Crippen MR) is 64.2 cm³/mol. The lowest BCUT2D eigenvalue weighted by atomic mass is 10.1. The molecule has 0 unspecified atom stereocenters. The summed E-state index contributed by atoms with van der Waals surface area (Å²) in [5.41, 5.74) is 2.66. The summed E-state index contributed by atoms with van der Waals surface area (Å²) in [4.78, 5) is 3.51. The zero-order chi connectivity index (χ0) is 10.3. The minimum atomic E-state index is 0.962. The van der Waals surface area contributed by atoms with Crippen LogP contribution < -0.4 is 10.3 Å². The molecule has 0 fully saturated rings. The molecule has 0 amide bonds. The van der Waals surface area contributed by atoms with Crippen LogP contribution in [-0.2, 0) is 0 Å². The van der Waals surface area contributed by atoms with Crippen LogP contribution in [0.3, 0.4) is 0 Å². The van der Waals surface area contributed by atoms with Crippen LogP contribution in [0.5, 0.6) is 0 Å². The molecule has 1 aromatic rings. The molecule has 0 atom stereocenters. The molecule has 15 heavy (non-hydrogen) atoms. The Labute approximate surface area is 91.4 Å². The largest absolute Gasteiger partial charge is 0.376 e. The second-order valence-corrected chi connectivity index (χ2v) is 4.06. The van der Waals surface area contributed by atoms with Crippen molar-refractivity contribution < 1.29 is 4.99 Å². The second-order valence-electron chi connectivity index (χ2n) is 4.06. The molecule has 2 rings (SSSR count). The van der Waals surface area contributed by atoms with Crippen molar-refractivity contribution in [3.8, 4) is 0 Å². The highest BCUT2D eigenvalue weighted by atomic mass is 14.9. The van der Waals surface area contributed by atoms with Crippen LogP contribution in [0.15, 0.2) is 30.3 Å². The van der Waals surface area contributed by atoms with Crippen molar-refractivity contribution >= 4 is 11.4 Å². The van der Waals surface area contributed by atoms with Crippen LogP contribution in [0.25, 0.3) is 0 Å². The number of anilines is 1. The van der Waals surface area contributed by atoms with Gasteiger partial charge in [0, 0.05) is 18.5 Å². The lowest BCUT2D eigenvalue weighted by molar-refractivity contribution is -0.458. The molecule has 2 heteroatoms.